The Morgan fingerprint density at radius 3 is 2.41 bits per heavy atom. The van der Waals surface area contributed by atoms with Crippen LogP contribution in [-0.4, -0.2) is 16.1 Å². The lowest BCUT2D eigenvalue weighted by atomic mass is 10.3. The van der Waals surface area contributed by atoms with Gasteiger partial charge >= 0.3 is 0 Å². The minimum Gasteiger partial charge on any atom is -0.491 e. The fourth-order valence-corrected chi connectivity index (χ4v) is 2.04. The maximum atomic E-state index is 5.72. The number of anilines is 1. The van der Waals surface area contributed by atoms with Crippen LogP contribution in [0.5, 0.6) is 17.4 Å². The Morgan fingerprint density at radius 2 is 1.68 bits per heavy atom. The second-order valence-corrected chi connectivity index (χ2v) is 5.20. The predicted octanol–water partition coefficient (Wildman–Crippen LogP) is 3.79. The largest absolute Gasteiger partial charge is 0.491 e. The molecule has 0 fully saturated rings. The van der Waals surface area contributed by atoms with E-state index in [1.807, 2.05) is 44.2 Å². The monoisotopic (exact) mass is 295 g/mol. The van der Waals surface area contributed by atoms with Crippen molar-refractivity contribution in [2.45, 2.75) is 20.0 Å². The number of nitrogens with zero attached hydrogens (tertiary/aromatic N) is 2. The topological polar surface area (TPSA) is 70.3 Å². The first kappa shape index (κ1) is 14.1. The van der Waals surface area contributed by atoms with Gasteiger partial charge in [0.25, 0.3) is 0 Å². The molecule has 0 atom stereocenters. The summed E-state index contributed by atoms with van der Waals surface area (Å²) in [5, 5.41) is 0. The number of aromatic nitrogens is 2. The van der Waals surface area contributed by atoms with Crippen molar-refractivity contribution in [3.8, 4) is 17.4 Å². The van der Waals surface area contributed by atoms with Gasteiger partial charge in [0, 0.05) is 5.69 Å². The quantitative estimate of drug-likeness (QED) is 0.741. The lowest BCUT2D eigenvalue weighted by Crippen LogP contribution is -2.05. The molecule has 3 aromatic rings. The van der Waals surface area contributed by atoms with E-state index in [1.54, 1.807) is 18.3 Å². The summed E-state index contributed by atoms with van der Waals surface area (Å²) in [5.74, 6) is 1.93. The summed E-state index contributed by atoms with van der Waals surface area (Å²) >= 11 is 0. The van der Waals surface area contributed by atoms with Crippen LogP contribution < -0.4 is 15.2 Å². The van der Waals surface area contributed by atoms with Gasteiger partial charge in [-0.1, -0.05) is 0 Å². The summed E-state index contributed by atoms with van der Waals surface area (Å²) in [6, 6.07) is 12.8. The van der Waals surface area contributed by atoms with E-state index >= 15 is 0 Å². The molecule has 2 N–H and O–H groups in total. The summed E-state index contributed by atoms with van der Waals surface area (Å²) in [6.45, 7) is 3.98. The van der Waals surface area contributed by atoms with Crippen molar-refractivity contribution in [3.05, 3.63) is 48.7 Å². The van der Waals surface area contributed by atoms with Crippen LogP contribution in [0.25, 0.3) is 11.0 Å². The van der Waals surface area contributed by atoms with Crippen molar-refractivity contribution in [2.75, 3.05) is 5.73 Å². The molecule has 112 valence electrons. The highest BCUT2D eigenvalue weighted by Crippen LogP contribution is 2.24. The van der Waals surface area contributed by atoms with Crippen molar-refractivity contribution in [2.24, 2.45) is 0 Å². The van der Waals surface area contributed by atoms with Gasteiger partial charge in [-0.2, -0.15) is 0 Å². The van der Waals surface area contributed by atoms with Gasteiger partial charge < -0.3 is 15.2 Å². The van der Waals surface area contributed by atoms with Crippen LogP contribution in [0.1, 0.15) is 13.8 Å². The summed E-state index contributed by atoms with van der Waals surface area (Å²) in [5.41, 5.74) is 7.87. The Hall–Kier alpha value is -2.82. The highest BCUT2D eigenvalue weighted by atomic mass is 16.5. The van der Waals surface area contributed by atoms with E-state index in [0.29, 0.717) is 17.3 Å². The molecule has 0 unspecified atom stereocenters. The zero-order valence-corrected chi connectivity index (χ0v) is 12.5. The summed E-state index contributed by atoms with van der Waals surface area (Å²) in [4.78, 5) is 8.71. The molecule has 22 heavy (non-hydrogen) atoms. The molecule has 0 aliphatic heterocycles. The summed E-state index contributed by atoms with van der Waals surface area (Å²) in [7, 11) is 0. The Morgan fingerprint density at radius 1 is 0.955 bits per heavy atom. The Balaban J connectivity index is 1.79. The highest BCUT2D eigenvalue weighted by molar-refractivity contribution is 5.78. The lowest BCUT2D eigenvalue weighted by Gasteiger charge is -2.10. The Bertz CT molecular complexity index is 786. The number of rotatable bonds is 4. The van der Waals surface area contributed by atoms with E-state index in [9.17, 15) is 0 Å². The first-order valence-electron chi connectivity index (χ1n) is 7.07. The maximum absolute atomic E-state index is 5.72. The van der Waals surface area contributed by atoms with Crippen LogP contribution >= 0.6 is 0 Å². The van der Waals surface area contributed by atoms with Gasteiger partial charge in [-0.05, 0) is 56.3 Å². The molecule has 5 heteroatoms. The molecule has 1 aromatic heterocycles. The molecule has 0 saturated carbocycles. The molecular formula is C17H17N3O2. The Kier molecular flexibility index (Phi) is 3.78. The van der Waals surface area contributed by atoms with Crippen LogP contribution in [0.15, 0.2) is 48.7 Å². The van der Waals surface area contributed by atoms with E-state index in [-0.39, 0.29) is 6.10 Å². The van der Waals surface area contributed by atoms with Gasteiger partial charge in [0.15, 0.2) is 0 Å². The number of benzene rings is 2. The lowest BCUT2D eigenvalue weighted by molar-refractivity contribution is 0.242. The van der Waals surface area contributed by atoms with Gasteiger partial charge in [-0.25, -0.2) is 9.97 Å². The van der Waals surface area contributed by atoms with E-state index in [1.165, 1.54) is 0 Å². The third-order valence-corrected chi connectivity index (χ3v) is 2.96. The summed E-state index contributed by atoms with van der Waals surface area (Å²) < 4.78 is 11.3. The number of nitrogens with two attached hydrogens (primary N) is 1. The fraction of sp³-hybridized carbons (Fsp3) is 0.176. The molecule has 2 aromatic carbocycles. The zero-order valence-electron chi connectivity index (χ0n) is 12.5. The number of nitrogen functional groups attached to an aromatic ring is 1. The van der Waals surface area contributed by atoms with Crippen LogP contribution in [0.4, 0.5) is 5.69 Å². The third-order valence-electron chi connectivity index (χ3n) is 2.96. The molecular weight excluding hydrogens is 278 g/mol. The molecule has 0 aliphatic carbocycles. The van der Waals surface area contributed by atoms with E-state index in [4.69, 9.17) is 15.2 Å². The second-order valence-electron chi connectivity index (χ2n) is 5.20. The normalized spacial score (nSPS) is 10.9. The fourth-order valence-electron chi connectivity index (χ4n) is 2.04. The molecule has 0 aliphatic rings. The second kappa shape index (κ2) is 5.89. The van der Waals surface area contributed by atoms with Gasteiger partial charge in [0.2, 0.25) is 5.88 Å². The number of fused-ring (bicyclic) bond motifs is 1. The van der Waals surface area contributed by atoms with Crippen molar-refractivity contribution < 1.29 is 9.47 Å². The number of hydrogen-bond acceptors (Lipinski definition) is 5. The minimum atomic E-state index is 0.144. The predicted molar refractivity (Wildman–Crippen MR) is 86.2 cm³/mol. The average Bonchev–Trinajstić information content (AvgIpc) is 2.49. The van der Waals surface area contributed by atoms with Crippen molar-refractivity contribution in [1.29, 1.82) is 0 Å². The molecule has 5 nitrogen and oxygen atoms in total. The zero-order chi connectivity index (χ0) is 15.5. The molecule has 0 amide bonds. The van der Waals surface area contributed by atoms with Crippen molar-refractivity contribution in [3.63, 3.8) is 0 Å². The van der Waals surface area contributed by atoms with Gasteiger partial charge in [0.05, 0.1) is 23.3 Å². The number of ether oxygens (including phenoxy) is 2. The van der Waals surface area contributed by atoms with Crippen LogP contribution in [0, 0.1) is 0 Å². The average molecular weight is 295 g/mol. The first-order chi connectivity index (χ1) is 10.6. The van der Waals surface area contributed by atoms with E-state index < -0.39 is 0 Å². The highest BCUT2D eigenvalue weighted by Gasteiger charge is 2.04. The standard InChI is InChI=1S/C17H17N3O2/c1-11(2)21-13-4-6-14(7-5-13)22-17-10-19-16-9-12(18)3-8-15(16)20-17/h3-11H,18H2,1-2H3. The van der Waals surface area contributed by atoms with Crippen LogP contribution in [0.2, 0.25) is 0 Å². The maximum Gasteiger partial charge on any atom is 0.238 e. The third kappa shape index (κ3) is 3.25. The molecule has 1 heterocycles. The van der Waals surface area contributed by atoms with Crippen LogP contribution in [-0.2, 0) is 0 Å². The van der Waals surface area contributed by atoms with E-state index in [2.05, 4.69) is 9.97 Å². The SMILES string of the molecule is CC(C)Oc1ccc(Oc2cnc3cc(N)ccc3n2)cc1. The first-order valence-corrected chi connectivity index (χ1v) is 7.07. The van der Waals surface area contributed by atoms with E-state index in [0.717, 1.165) is 16.8 Å². The van der Waals surface area contributed by atoms with Crippen molar-refractivity contribution in [1.82, 2.24) is 9.97 Å². The number of hydrogen-bond donors (Lipinski definition) is 1. The molecule has 3 rings (SSSR count). The molecule has 0 saturated heterocycles. The Labute approximate surface area is 128 Å². The minimum absolute atomic E-state index is 0.144. The van der Waals surface area contributed by atoms with Gasteiger partial charge in [-0.15, -0.1) is 0 Å². The smallest absolute Gasteiger partial charge is 0.238 e. The van der Waals surface area contributed by atoms with Gasteiger partial charge in [0.1, 0.15) is 11.5 Å². The molecule has 0 radical (unpaired) electrons. The molecule has 0 spiro atoms. The van der Waals surface area contributed by atoms with Gasteiger partial charge in [-0.3, -0.25) is 0 Å². The summed E-state index contributed by atoms with van der Waals surface area (Å²) in [6.07, 6.45) is 1.73. The van der Waals surface area contributed by atoms with Crippen LogP contribution in [0.3, 0.4) is 0 Å². The van der Waals surface area contributed by atoms with Crippen molar-refractivity contribution >= 4 is 16.7 Å². The molecule has 0 bridgehead atoms.